The van der Waals surface area contributed by atoms with Gasteiger partial charge in [0.1, 0.15) is 30.0 Å². The number of nitrogens with one attached hydrogen (secondary N) is 2. The fourth-order valence-corrected chi connectivity index (χ4v) is 10.2. The molecule has 68 heavy (non-hydrogen) atoms. The second kappa shape index (κ2) is 19.9. The lowest BCUT2D eigenvalue weighted by molar-refractivity contribution is -0.155. The van der Waals surface area contributed by atoms with Crippen LogP contribution in [-0.4, -0.2) is 124 Å². The molecule has 1 aliphatic carbocycles. The topological polar surface area (TPSA) is 185 Å². The van der Waals surface area contributed by atoms with Crippen molar-refractivity contribution in [3.8, 4) is 28.1 Å². The summed E-state index contributed by atoms with van der Waals surface area (Å²) in [4.78, 5) is 77.8. The Balaban J connectivity index is 1.17. The molecule has 4 aliphatic rings. The van der Waals surface area contributed by atoms with Crippen molar-refractivity contribution in [1.82, 2.24) is 35.1 Å². The molecule has 364 valence electrons. The lowest BCUT2D eigenvalue weighted by atomic mass is 9.84. The first-order valence-electron chi connectivity index (χ1n) is 24.2. The number of phenols is 1. The number of carbonyl (C=O) groups is 5. The van der Waals surface area contributed by atoms with Crippen LogP contribution in [0.2, 0.25) is 0 Å². The summed E-state index contributed by atoms with van der Waals surface area (Å²) in [5.41, 5.74) is 9.54. The van der Waals surface area contributed by atoms with Crippen LogP contribution in [0.1, 0.15) is 96.6 Å². The number of likely N-dealkylation sites (N-methyl/N-ethyl adjacent to an activating group) is 1. The van der Waals surface area contributed by atoms with E-state index in [1.54, 1.807) is 37.4 Å². The minimum atomic E-state index is -1.17. The molecule has 6 bridgehead atoms. The SMILES string of the molecule is CCn1c(-c2cccnc2[C@H](C)OC)c2c3cc(ccc31)-c1cc(O)cc(c1)C[C@H](NC(=O)C(C(C)C)N(C)C(=O)[C@H]1CCN(C(=O)OC3CC3)C1)C(=O)N1CCC[C@H](N1)C(=O)OCC(C)(C)C2. The number of aryl methyl sites for hydroxylation is 1. The summed E-state index contributed by atoms with van der Waals surface area (Å²) in [6.45, 7) is 13.5. The van der Waals surface area contributed by atoms with Gasteiger partial charge in [-0.2, -0.15) is 0 Å². The Hall–Kier alpha value is -6.00. The van der Waals surface area contributed by atoms with Crippen LogP contribution in [0, 0.1) is 17.3 Å². The van der Waals surface area contributed by atoms with E-state index in [0.29, 0.717) is 49.9 Å². The first-order chi connectivity index (χ1) is 32.5. The number of aromatic hydroxyl groups is 1. The van der Waals surface area contributed by atoms with Gasteiger partial charge in [0.15, 0.2) is 0 Å². The van der Waals surface area contributed by atoms with Crippen molar-refractivity contribution in [1.29, 1.82) is 0 Å². The summed E-state index contributed by atoms with van der Waals surface area (Å²) in [7, 11) is 3.26. The molecule has 2 aromatic heterocycles. The predicted octanol–water partition coefficient (Wildman–Crippen LogP) is 6.56. The summed E-state index contributed by atoms with van der Waals surface area (Å²) in [5.74, 6) is -2.64. The smallest absolute Gasteiger partial charge is 0.410 e. The van der Waals surface area contributed by atoms with Gasteiger partial charge in [0.25, 0.3) is 5.91 Å². The van der Waals surface area contributed by atoms with Gasteiger partial charge in [-0.05, 0) is 117 Å². The van der Waals surface area contributed by atoms with Gasteiger partial charge in [-0.3, -0.25) is 29.2 Å². The normalized spacial score (nSPS) is 21.8. The Morgan fingerprint density at radius 3 is 2.53 bits per heavy atom. The molecular weight excluding hydrogens is 867 g/mol. The molecule has 8 rings (SSSR count). The predicted molar refractivity (Wildman–Crippen MR) is 256 cm³/mol. The number of hydrazine groups is 1. The molecule has 1 unspecified atom stereocenters. The maximum absolute atomic E-state index is 14.8. The van der Waals surface area contributed by atoms with Gasteiger partial charge >= 0.3 is 12.1 Å². The van der Waals surface area contributed by atoms with E-state index >= 15 is 0 Å². The first kappa shape index (κ1) is 48.5. The number of hydrogen-bond acceptors (Lipinski definition) is 11. The number of phenolic OH excluding ortho intramolecular Hbond substituents is 1. The summed E-state index contributed by atoms with van der Waals surface area (Å²) in [5, 5.41) is 16.7. The number of hydrogen-bond donors (Lipinski definition) is 3. The second-order valence-corrected chi connectivity index (χ2v) is 20.2. The van der Waals surface area contributed by atoms with Gasteiger partial charge in [-0.1, -0.05) is 39.8 Å². The highest BCUT2D eigenvalue weighted by Gasteiger charge is 2.41. The van der Waals surface area contributed by atoms with Crippen molar-refractivity contribution < 1.29 is 43.3 Å². The van der Waals surface area contributed by atoms with E-state index in [9.17, 15) is 29.1 Å². The number of cyclic esters (lactones) is 1. The molecule has 1 saturated carbocycles. The Kier molecular flexibility index (Phi) is 14.2. The number of aromatic nitrogens is 2. The lowest BCUT2D eigenvalue weighted by Crippen LogP contribution is -2.62. The zero-order valence-electron chi connectivity index (χ0n) is 40.7. The number of methoxy groups -OCH3 is 1. The molecule has 5 heterocycles. The van der Waals surface area contributed by atoms with Crippen molar-refractivity contribution in [3.63, 3.8) is 0 Å². The van der Waals surface area contributed by atoms with Crippen molar-refractivity contribution in [2.75, 3.05) is 40.4 Å². The Labute approximate surface area is 398 Å². The third-order valence-electron chi connectivity index (χ3n) is 13.9. The van der Waals surface area contributed by atoms with E-state index in [-0.39, 0.29) is 55.9 Å². The highest BCUT2D eigenvalue weighted by atomic mass is 16.6. The van der Waals surface area contributed by atoms with Gasteiger partial charge in [0, 0.05) is 74.8 Å². The summed E-state index contributed by atoms with van der Waals surface area (Å²) < 4.78 is 19.7. The van der Waals surface area contributed by atoms with Crippen LogP contribution < -0.4 is 10.7 Å². The van der Waals surface area contributed by atoms with E-state index in [2.05, 4.69) is 54.3 Å². The van der Waals surface area contributed by atoms with Gasteiger partial charge < -0.3 is 39.0 Å². The minimum Gasteiger partial charge on any atom is -0.508 e. The molecule has 4 aromatic rings. The highest BCUT2D eigenvalue weighted by molar-refractivity contribution is 5.96. The molecule has 3 aliphatic heterocycles. The molecule has 2 aromatic carbocycles. The maximum atomic E-state index is 14.8. The molecule has 16 heteroatoms. The molecular formula is C52H67N7O9. The number of nitrogens with zero attached hydrogens (tertiary/aromatic N) is 5. The minimum absolute atomic E-state index is 0.0119. The number of benzene rings is 2. The third kappa shape index (κ3) is 10.2. The van der Waals surface area contributed by atoms with E-state index in [0.717, 1.165) is 51.8 Å². The zero-order chi connectivity index (χ0) is 48.6. The zero-order valence-corrected chi connectivity index (χ0v) is 40.7. The van der Waals surface area contributed by atoms with Crippen LogP contribution >= 0.6 is 0 Å². The fourth-order valence-electron chi connectivity index (χ4n) is 10.2. The highest BCUT2D eigenvalue weighted by Crippen LogP contribution is 2.42. The summed E-state index contributed by atoms with van der Waals surface area (Å²) in [6, 6.07) is 12.5. The third-order valence-corrected chi connectivity index (χ3v) is 13.9. The van der Waals surface area contributed by atoms with Gasteiger partial charge in [-0.15, -0.1) is 0 Å². The van der Waals surface area contributed by atoms with Crippen LogP contribution in [0.5, 0.6) is 5.75 Å². The maximum Gasteiger partial charge on any atom is 0.410 e. The molecule has 16 nitrogen and oxygen atoms in total. The summed E-state index contributed by atoms with van der Waals surface area (Å²) in [6.07, 6.45) is 4.63. The average Bonchev–Trinajstić information content (AvgIpc) is 3.90. The van der Waals surface area contributed by atoms with Crippen molar-refractivity contribution in [3.05, 3.63) is 71.5 Å². The van der Waals surface area contributed by atoms with E-state index in [1.807, 2.05) is 39.0 Å². The number of pyridine rings is 1. The van der Waals surface area contributed by atoms with Gasteiger partial charge in [-0.25, -0.2) is 10.2 Å². The lowest BCUT2D eigenvalue weighted by Gasteiger charge is -2.37. The number of likely N-dealkylation sites (tertiary alicyclic amines) is 1. The quantitative estimate of drug-likeness (QED) is 0.147. The molecule has 4 amide bonds. The largest absolute Gasteiger partial charge is 0.508 e. The Bertz CT molecular complexity index is 2570. The van der Waals surface area contributed by atoms with Gasteiger partial charge in [0.2, 0.25) is 11.8 Å². The van der Waals surface area contributed by atoms with Crippen LogP contribution in [-0.2, 0) is 52.8 Å². The van der Waals surface area contributed by atoms with Crippen LogP contribution in [0.25, 0.3) is 33.3 Å². The number of ether oxygens (including phenoxy) is 3. The number of esters is 1. The van der Waals surface area contributed by atoms with Crippen LogP contribution in [0.4, 0.5) is 4.79 Å². The molecule has 0 spiro atoms. The number of amides is 4. The number of rotatable bonds is 10. The fraction of sp³-hybridized carbons (Fsp3) is 0.538. The molecule has 3 N–H and O–H groups in total. The van der Waals surface area contributed by atoms with Crippen LogP contribution in [0.3, 0.4) is 0 Å². The molecule has 3 fully saturated rings. The molecule has 2 saturated heterocycles. The van der Waals surface area contributed by atoms with Crippen LogP contribution in [0.15, 0.2) is 54.7 Å². The Morgan fingerprint density at radius 2 is 1.81 bits per heavy atom. The van der Waals surface area contributed by atoms with Crippen molar-refractivity contribution in [2.24, 2.45) is 17.3 Å². The molecule has 5 atom stereocenters. The van der Waals surface area contributed by atoms with Crippen molar-refractivity contribution in [2.45, 2.75) is 123 Å². The van der Waals surface area contributed by atoms with Crippen molar-refractivity contribution >= 4 is 40.7 Å². The van der Waals surface area contributed by atoms with E-state index in [4.69, 9.17) is 19.2 Å². The monoisotopic (exact) mass is 934 g/mol. The number of carbonyl (C=O) groups excluding carboxylic acids is 5. The Morgan fingerprint density at radius 1 is 1.03 bits per heavy atom. The summed E-state index contributed by atoms with van der Waals surface area (Å²) >= 11 is 0. The number of fused-ring (bicyclic) bond motifs is 6. The first-order valence-corrected chi connectivity index (χ1v) is 24.2. The van der Waals surface area contributed by atoms with E-state index in [1.165, 1.54) is 9.91 Å². The second-order valence-electron chi connectivity index (χ2n) is 20.2. The molecule has 0 radical (unpaired) electrons. The standard InChI is InChI=1S/C52H67N7O9/c1-9-58-43-17-14-33-26-39(43)40(46(58)38-12-10-19-53-44(38)31(4)66-8)27-52(5,6)29-67-50(64)41-13-11-20-59(55-41)49(63)42(24-32-22-35(33)25-36(60)23-32)54-47(61)45(30(2)3)56(7)48(62)34-18-21-57(28-34)51(65)68-37-15-16-37/h10,12,14,17,19,22-23,25-26,30-31,34,37,41-42,45,55,60H,9,11,13,15-16,18,20-21,24,27-29H2,1-8H3,(H,54,61)/t31-,34-,41-,42-,45?/m0/s1. The average molecular weight is 934 g/mol. The van der Waals surface area contributed by atoms with Gasteiger partial charge in [0.05, 0.1) is 30.0 Å². The van der Waals surface area contributed by atoms with E-state index < -0.39 is 53.3 Å².